The zero-order chi connectivity index (χ0) is 24.9. The molecule has 0 aliphatic rings. The quantitative estimate of drug-likeness (QED) is 0.445. The summed E-state index contributed by atoms with van der Waals surface area (Å²) in [6, 6.07) is 5.57. The summed E-state index contributed by atoms with van der Waals surface area (Å²) in [6.07, 6.45) is -2.89. The van der Waals surface area contributed by atoms with E-state index in [0.717, 1.165) is 31.9 Å². The first kappa shape index (κ1) is 25.3. The normalized spacial score (nSPS) is 11.8. The Hall–Kier alpha value is -3.34. The van der Waals surface area contributed by atoms with Crippen molar-refractivity contribution in [3.05, 3.63) is 41.7 Å². The lowest BCUT2D eigenvalue weighted by Gasteiger charge is -2.17. The molecule has 0 unspecified atom stereocenters. The van der Waals surface area contributed by atoms with Crippen LogP contribution in [0.3, 0.4) is 0 Å². The summed E-state index contributed by atoms with van der Waals surface area (Å²) < 4.78 is 52.6. The van der Waals surface area contributed by atoms with E-state index in [2.05, 4.69) is 34.1 Å². The van der Waals surface area contributed by atoms with Crippen LogP contribution in [-0.2, 0) is 6.18 Å². The van der Waals surface area contributed by atoms with Crippen molar-refractivity contribution >= 4 is 11.6 Å². The summed E-state index contributed by atoms with van der Waals surface area (Å²) in [5.41, 5.74) is -0.853. The predicted octanol–water partition coefficient (Wildman–Crippen LogP) is 3.89. The fourth-order valence-electron chi connectivity index (χ4n) is 3.61. The molecule has 0 spiro atoms. The molecule has 1 N–H and O–H groups in total. The van der Waals surface area contributed by atoms with Crippen molar-refractivity contribution in [2.75, 3.05) is 40.4 Å². The molecule has 34 heavy (non-hydrogen) atoms. The van der Waals surface area contributed by atoms with Gasteiger partial charge in [0.15, 0.2) is 22.8 Å². The topological polar surface area (TPSA) is 81.0 Å². The highest BCUT2D eigenvalue weighted by atomic mass is 19.4. The lowest BCUT2D eigenvalue weighted by atomic mass is 10.1. The van der Waals surface area contributed by atoms with Gasteiger partial charge in [-0.2, -0.15) is 18.3 Å². The Morgan fingerprint density at radius 2 is 1.82 bits per heavy atom. The number of rotatable bonds is 10. The largest absolute Gasteiger partial charge is 0.493 e. The van der Waals surface area contributed by atoms with Crippen LogP contribution in [0.2, 0.25) is 0 Å². The second-order valence-corrected chi connectivity index (χ2v) is 7.52. The molecule has 0 aliphatic heterocycles. The second kappa shape index (κ2) is 10.7. The van der Waals surface area contributed by atoms with Gasteiger partial charge in [0, 0.05) is 12.1 Å². The smallest absolute Gasteiger partial charge is 0.433 e. The summed E-state index contributed by atoms with van der Waals surface area (Å²) in [4.78, 5) is 19.3. The minimum Gasteiger partial charge on any atom is -0.493 e. The Bertz CT molecular complexity index is 1140. The summed E-state index contributed by atoms with van der Waals surface area (Å²) in [7, 11) is 2.89. The Balaban J connectivity index is 1.97. The molecule has 1 amide bonds. The Morgan fingerprint density at radius 1 is 1.12 bits per heavy atom. The fraction of sp³-hybridized carbons (Fsp3) is 0.435. The van der Waals surface area contributed by atoms with Gasteiger partial charge in [0.2, 0.25) is 0 Å². The fourth-order valence-corrected chi connectivity index (χ4v) is 3.61. The first-order valence-corrected chi connectivity index (χ1v) is 10.9. The Labute approximate surface area is 195 Å². The van der Waals surface area contributed by atoms with Gasteiger partial charge in [-0.3, -0.25) is 4.79 Å². The molecule has 184 valence electrons. The van der Waals surface area contributed by atoms with E-state index in [9.17, 15) is 18.0 Å². The van der Waals surface area contributed by atoms with E-state index in [0.29, 0.717) is 34.5 Å². The van der Waals surface area contributed by atoms with Gasteiger partial charge < -0.3 is 19.7 Å². The molecular formula is C23H28F3N5O3. The van der Waals surface area contributed by atoms with Crippen LogP contribution >= 0.6 is 0 Å². The van der Waals surface area contributed by atoms with Gasteiger partial charge in [-0.15, -0.1) is 0 Å². The Morgan fingerprint density at radius 3 is 2.44 bits per heavy atom. The van der Waals surface area contributed by atoms with Crippen LogP contribution in [0.25, 0.3) is 16.9 Å². The number of ether oxygens (including phenoxy) is 2. The SMILES string of the molecule is CCN(CC)CCCNC(=O)c1cnn2c(C(F)(F)F)cc(-c3ccc(OC)c(OC)c3)nc12. The summed E-state index contributed by atoms with van der Waals surface area (Å²) in [5, 5.41) is 6.56. The minimum absolute atomic E-state index is 0.0249. The van der Waals surface area contributed by atoms with Gasteiger partial charge in [0.1, 0.15) is 5.56 Å². The average molecular weight is 480 g/mol. The predicted molar refractivity (Wildman–Crippen MR) is 121 cm³/mol. The third-order valence-electron chi connectivity index (χ3n) is 5.52. The van der Waals surface area contributed by atoms with Crippen molar-refractivity contribution in [1.29, 1.82) is 0 Å². The molecule has 0 bridgehead atoms. The highest BCUT2D eigenvalue weighted by Gasteiger charge is 2.36. The minimum atomic E-state index is -4.71. The molecule has 2 aromatic heterocycles. The highest BCUT2D eigenvalue weighted by Crippen LogP contribution is 2.35. The first-order chi connectivity index (χ1) is 16.2. The molecular weight excluding hydrogens is 451 g/mol. The Kier molecular flexibility index (Phi) is 7.98. The molecule has 0 atom stereocenters. The van der Waals surface area contributed by atoms with Crippen LogP contribution in [0, 0.1) is 0 Å². The average Bonchev–Trinajstić information content (AvgIpc) is 3.26. The van der Waals surface area contributed by atoms with Crippen LogP contribution < -0.4 is 14.8 Å². The van der Waals surface area contributed by atoms with Crippen LogP contribution in [0.15, 0.2) is 30.5 Å². The molecule has 8 nitrogen and oxygen atoms in total. The van der Waals surface area contributed by atoms with Crippen LogP contribution in [0.5, 0.6) is 11.5 Å². The number of carbonyl (C=O) groups is 1. The second-order valence-electron chi connectivity index (χ2n) is 7.52. The maximum Gasteiger partial charge on any atom is 0.433 e. The van der Waals surface area contributed by atoms with E-state index in [-0.39, 0.29) is 16.9 Å². The zero-order valence-corrected chi connectivity index (χ0v) is 19.6. The number of fused-ring (bicyclic) bond motifs is 1. The van der Waals surface area contributed by atoms with Crippen molar-refractivity contribution in [2.24, 2.45) is 0 Å². The molecule has 11 heteroatoms. The molecule has 2 heterocycles. The van der Waals surface area contributed by atoms with Gasteiger partial charge in [-0.05, 0) is 50.3 Å². The number of hydrogen-bond acceptors (Lipinski definition) is 6. The lowest BCUT2D eigenvalue weighted by Crippen LogP contribution is -2.30. The molecule has 1 aromatic carbocycles. The zero-order valence-electron chi connectivity index (χ0n) is 19.6. The number of aromatic nitrogens is 3. The van der Waals surface area contributed by atoms with Gasteiger partial charge in [0.05, 0.1) is 26.1 Å². The number of amides is 1. The summed E-state index contributed by atoms with van der Waals surface area (Å²) in [6.45, 7) is 7.11. The van der Waals surface area contributed by atoms with Crippen molar-refractivity contribution in [3.8, 4) is 22.8 Å². The number of carbonyl (C=O) groups excluding carboxylic acids is 1. The van der Waals surface area contributed by atoms with E-state index in [4.69, 9.17) is 9.47 Å². The number of methoxy groups -OCH3 is 2. The van der Waals surface area contributed by atoms with Gasteiger partial charge in [-0.25, -0.2) is 9.50 Å². The monoisotopic (exact) mass is 479 g/mol. The number of hydrogen-bond donors (Lipinski definition) is 1. The highest BCUT2D eigenvalue weighted by molar-refractivity contribution is 5.99. The van der Waals surface area contributed by atoms with Crippen molar-refractivity contribution < 1.29 is 27.4 Å². The van der Waals surface area contributed by atoms with Gasteiger partial charge in [0.25, 0.3) is 5.91 Å². The van der Waals surface area contributed by atoms with Gasteiger partial charge >= 0.3 is 6.18 Å². The van der Waals surface area contributed by atoms with E-state index in [1.807, 2.05) is 0 Å². The number of nitrogens with one attached hydrogen (secondary N) is 1. The third-order valence-corrected chi connectivity index (χ3v) is 5.52. The molecule has 0 aliphatic carbocycles. The standard InChI is InChI=1S/C23H28F3N5O3/c1-5-30(6-2)11-7-10-27-22(32)16-14-28-31-20(23(24,25)26)13-17(29-21(16)31)15-8-9-18(33-3)19(12-15)34-4/h8-9,12-14H,5-7,10-11H2,1-4H3,(H,27,32). The van der Waals surface area contributed by atoms with Crippen molar-refractivity contribution in [2.45, 2.75) is 26.4 Å². The molecule has 3 rings (SSSR count). The maximum absolute atomic E-state index is 13.8. The molecule has 0 radical (unpaired) electrons. The maximum atomic E-state index is 13.8. The van der Waals surface area contributed by atoms with E-state index in [1.54, 1.807) is 12.1 Å². The number of alkyl halides is 3. The number of nitrogens with zero attached hydrogens (tertiary/aromatic N) is 4. The lowest BCUT2D eigenvalue weighted by molar-refractivity contribution is -0.142. The van der Waals surface area contributed by atoms with E-state index in [1.165, 1.54) is 20.3 Å². The summed E-state index contributed by atoms with van der Waals surface area (Å²) in [5.74, 6) is 0.243. The van der Waals surface area contributed by atoms with E-state index >= 15 is 0 Å². The molecule has 0 fully saturated rings. The van der Waals surface area contributed by atoms with Gasteiger partial charge in [-0.1, -0.05) is 13.8 Å². The number of halogens is 3. The third kappa shape index (κ3) is 5.41. The molecule has 0 saturated heterocycles. The molecule has 0 saturated carbocycles. The van der Waals surface area contributed by atoms with Crippen molar-refractivity contribution in [1.82, 2.24) is 24.8 Å². The number of benzene rings is 1. The van der Waals surface area contributed by atoms with Crippen molar-refractivity contribution in [3.63, 3.8) is 0 Å². The summed E-state index contributed by atoms with van der Waals surface area (Å²) >= 11 is 0. The van der Waals surface area contributed by atoms with E-state index < -0.39 is 17.8 Å². The van der Waals surface area contributed by atoms with Crippen LogP contribution in [0.1, 0.15) is 36.3 Å². The van der Waals surface area contributed by atoms with Crippen LogP contribution in [-0.4, -0.2) is 65.8 Å². The molecule has 3 aromatic rings. The van der Waals surface area contributed by atoms with Crippen LogP contribution in [0.4, 0.5) is 13.2 Å². The first-order valence-electron chi connectivity index (χ1n) is 10.9.